The number of para-hydroxylation sites is 1. The van der Waals surface area contributed by atoms with Crippen LogP contribution in [0, 0.1) is 13.8 Å². The van der Waals surface area contributed by atoms with Gasteiger partial charge in [0.25, 0.3) is 0 Å². The second-order valence-electron chi connectivity index (χ2n) is 4.89. The van der Waals surface area contributed by atoms with E-state index in [2.05, 4.69) is 6.07 Å². The first kappa shape index (κ1) is 13.6. The van der Waals surface area contributed by atoms with Crippen LogP contribution >= 0.6 is 0 Å². The van der Waals surface area contributed by atoms with Crippen molar-refractivity contribution in [1.82, 2.24) is 0 Å². The number of ether oxygens (including phenoxy) is 1. The Bertz CT molecular complexity index is 541. The van der Waals surface area contributed by atoms with Crippen LogP contribution in [-0.2, 0) is 0 Å². The van der Waals surface area contributed by atoms with Crippen molar-refractivity contribution in [3.8, 4) is 11.5 Å². The number of rotatable bonds is 4. The van der Waals surface area contributed by atoms with E-state index in [1.54, 1.807) is 0 Å². The average Bonchev–Trinajstić information content (AvgIpc) is 2.37. The fourth-order valence-electron chi connectivity index (χ4n) is 2.19. The van der Waals surface area contributed by atoms with Gasteiger partial charge in [0.15, 0.2) is 0 Å². The van der Waals surface area contributed by atoms with Gasteiger partial charge in [0.05, 0.1) is 6.10 Å². The van der Waals surface area contributed by atoms with Gasteiger partial charge in [-0.1, -0.05) is 31.2 Å². The standard InChI is InChI=1S/C17H20O2/c1-4-16(18)15-7-5-6-8-17(15)19-14-10-12(2)9-13(3)11-14/h5-11,16,18H,4H2,1-3H3/t16-/m0/s1. The fourth-order valence-corrected chi connectivity index (χ4v) is 2.19. The lowest BCUT2D eigenvalue weighted by molar-refractivity contribution is 0.170. The highest BCUT2D eigenvalue weighted by Gasteiger charge is 2.11. The fraction of sp³-hybridized carbons (Fsp3) is 0.294. The maximum Gasteiger partial charge on any atom is 0.133 e. The van der Waals surface area contributed by atoms with Gasteiger partial charge in [-0.2, -0.15) is 0 Å². The first-order valence-corrected chi connectivity index (χ1v) is 6.63. The van der Waals surface area contributed by atoms with E-state index in [1.165, 1.54) is 11.1 Å². The summed E-state index contributed by atoms with van der Waals surface area (Å²) < 4.78 is 5.93. The van der Waals surface area contributed by atoms with Gasteiger partial charge in [-0.15, -0.1) is 0 Å². The molecule has 0 unspecified atom stereocenters. The van der Waals surface area contributed by atoms with Gasteiger partial charge in [-0.05, 0) is 49.6 Å². The second-order valence-corrected chi connectivity index (χ2v) is 4.89. The number of aliphatic hydroxyl groups excluding tert-OH is 1. The SMILES string of the molecule is CC[C@H](O)c1ccccc1Oc1cc(C)cc(C)c1. The second kappa shape index (κ2) is 5.89. The predicted octanol–water partition coefficient (Wildman–Crippen LogP) is 4.54. The third kappa shape index (κ3) is 3.36. The number of aryl methyl sites for hydroxylation is 2. The maximum atomic E-state index is 10.0. The van der Waals surface area contributed by atoms with E-state index in [1.807, 2.05) is 57.2 Å². The Balaban J connectivity index is 2.32. The molecule has 1 N–H and O–H groups in total. The Labute approximate surface area is 114 Å². The molecule has 0 fully saturated rings. The molecule has 0 heterocycles. The van der Waals surface area contributed by atoms with Crippen molar-refractivity contribution in [2.45, 2.75) is 33.3 Å². The van der Waals surface area contributed by atoms with Gasteiger partial charge in [0, 0.05) is 5.56 Å². The number of hydrogen-bond donors (Lipinski definition) is 1. The summed E-state index contributed by atoms with van der Waals surface area (Å²) >= 11 is 0. The van der Waals surface area contributed by atoms with Crippen LogP contribution in [-0.4, -0.2) is 5.11 Å². The maximum absolute atomic E-state index is 10.0. The zero-order valence-electron chi connectivity index (χ0n) is 11.7. The number of hydrogen-bond acceptors (Lipinski definition) is 2. The minimum atomic E-state index is -0.484. The summed E-state index contributed by atoms with van der Waals surface area (Å²) in [5.41, 5.74) is 3.18. The molecule has 2 aromatic carbocycles. The van der Waals surface area contributed by atoms with E-state index in [-0.39, 0.29) is 0 Å². The lowest BCUT2D eigenvalue weighted by Gasteiger charge is -2.15. The molecule has 0 aromatic heterocycles. The van der Waals surface area contributed by atoms with Crippen molar-refractivity contribution in [2.24, 2.45) is 0 Å². The lowest BCUT2D eigenvalue weighted by atomic mass is 10.1. The Hall–Kier alpha value is -1.80. The molecule has 0 spiro atoms. The summed E-state index contributed by atoms with van der Waals surface area (Å²) in [5, 5.41) is 10.0. The molecule has 2 nitrogen and oxygen atoms in total. The van der Waals surface area contributed by atoms with Crippen molar-refractivity contribution in [3.05, 3.63) is 59.2 Å². The number of benzene rings is 2. The molecule has 0 saturated carbocycles. The van der Waals surface area contributed by atoms with Crippen molar-refractivity contribution >= 4 is 0 Å². The van der Waals surface area contributed by atoms with E-state index >= 15 is 0 Å². The summed E-state index contributed by atoms with van der Waals surface area (Å²) in [5.74, 6) is 1.54. The highest BCUT2D eigenvalue weighted by molar-refractivity contribution is 5.41. The van der Waals surface area contributed by atoms with Gasteiger partial charge in [-0.3, -0.25) is 0 Å². The Morgan fingerprint density at radius 3 is 2.32 bits per heavy atom. The molecule has 1 atom stereocenters. The molecule has 0 saturated heterocycles. The first-order chi connectivity index (χ1) is 9.10. The molecule has 0 aliphatic heterocycles. The Morgan fingerprint density at radius 1 is 1.05 bits per heavy atom. The zero-order valence-corrected chi connectivity index (χ0v) is 11.7. The minimum Gasteiger partial charge on any atom is -0.457 e. The zero-order chi connectivity index (χ0) is 13.8. The molecule has 0 radical (unpaired) electrons. The Morgan fingerprint density at radius 2 is 1.68 bits per heavy atom. The molecule has 0 bridgehead atoms. The van der Waals surface area contributed by atoms with E-state index in [9.17, 15) is 5.11 Å². The van der Waals surface area contributed by atoms with Gasteiger partial charge < -0.3 is 9.84 Å². The van der Waals surface area contributed by atoms with Crippen molar-refractivity contribution in [3.63, 3.8) is 0 Å². The molecule has 2 aromatic rings. The first-order valence-electron chi connectivity index (χ1n) is 6.63. The predicted molar refractivity (Wildman–Crippen MR) is 77.7 cm³/mol. The highest BCUT2D eigenvalue weighted by atomic mass is 16.5. The van der Waals surface area contributed by atoms with Gasteiger partial charge in [0.1, 0.15) is 11.5 Å². The third-order valence-corrected chi connectivity index (χ3v) is 3.09. The van der Waals surface area contributed by atoms with Crippen LogP contribution in [0.25, 0.3) is 0 Å². The van der Waals surface area contributed by atoms with Crippen molar-refractivity contribution in [1.29, 1.82) is 0 Å². The van der Waals surface area contributed by atoms with Crippen LogP contribution in [0.4, 0.5) is 0 Å². The minimum absolute atomic E-state index is 0.484. The van der Waals surface area contributed by atoms with E-state index in [0.717, 1.165) is 17.1 Å². The van der Waals surface area contributed by atoms with Crippen molar-refractivity contribution < 1.29 is 9.84 Å². The van der Waals surface area contributed by atoms with E-state index in [4.69, 9.17) is 4.74 Å². The topological polar surface area (TPSA) is 29.5 Å². The van der Waals surface area contributed by atoms with Crippen LogP contribution in [0.3, 0.4) is 0 Å². The lowest BCUT2D eigenvalue weighted by Crippen LogP contribution is -1.98. The summed E-state index contributed by atoms with van der Waals surface area (Å²) in [6.07, 6.45) is 0.190. The summed E-state index contributed by atoms with van der Waals surface area (Å²) in [7, 11) is 0. The summed E-state index contributed by atoms with van der Waals surface area (Å²) in [6.45, 7) is 6.05. The van der Waals surface area contributed by atoms with Crippen LogP contribution in [0.1, 0.15) is 36.1 Å². The Kier molecular flexibility index (Phi) is 4.23. The quantitative estimate of drug-likeness (QED) is 0.870. The third-order valence-electron chi connectivity index (χ3n) is 3.09. The van der Waals surface area contributed by atoms with Crippen LogP contribution in [0.2, 0.25) is 0 Å². The van der Waals surface area contributed by atoms with Gasteiger partial charge >= 0.3 is 0 Å². The van der Waals surface area contributed by atoms with Crippen molar-refractivity contribution in [2.75, 3.05) is 0 Å². The molecule has 2 heteroatoms. The smallest absolute Gasteiger partial charge is 0.133 e. The van der Waals surface area contributed by atoms with Crippen LogP contribution < -0.4 is 4.74 Å². The van der Waals surface area contributed by atoms with Gasteiger partial charge in [0.2, 0.25) is 0 Å². The molecule has 2 rings (SSSR count). The highest BCUT2D eigenvalue weighted by Crippen LogP contribution is 2.31. The molecular formula is C17H20O2. The molecule has 100 valence electrons. The normalized spacial score (nSPS) is 12.2. The van der Waals surface area contributed by atoms with Crippen LogP contribution in [0.15, 0.2) is 42.5 Å². The van der Waals surface area contributed by atoms with Crippen LogP contribution in [0.5, 0.6) is 11.5 Å². The molecule has 0 amide bonds. The molecule has 0 aliphatic carbocycles. The number of aliphatic hydroxyl groups is 1. The van der Waals surface area contributed by atoms with Gasteiger partial charge in [-0.25, -0.2) is 0 Å². The molecule has 0 aliphatic rings. The molecular weight excluding hydrogens is 236 g/mol. The largest absolute Gasteiger partial charge is 0.457 e. The van der Waals surface area contributed by atoms with E-state index < -0.39 is 6.10 Å². The molecule has 19 heavy (non-hydrogen) atoms. The average molecular weight is 256 g/mol. The van der Waals surface area contributed by atoms with E-state index in [0.29, 0.717) is 6.42 Å². The monoisotopic (exact) mass is 256 g/mol. The summed E-state index contributed by atoms with van der Waals surface area (Å²) in [6, 6.07) is 13.8. The summed E-state index contributed by atoms with van der Waals surface area (Å²) in [4.78, 5) is 0.